The van der Waals surface area contributed by atoms with Crippen LogP contribution in [0.15, 0.2) is 29.2 Å². The number of hydrogen-bond donors (Lipinski definition) is 0. The van der Waals surface area contributed by atoms with Crippen molar-refractivity contribution in [2.24, 2.45) is 0 Å². The molecular weight excluding hydrogens is 324 g/mol. The van der Waals surface area contributed by atoms with Gasteiger partial charge in [-0.3, -0.25) is 10.1 Å². The maximum absolute atomic E-state index is 12.7. The van der Waals surface area contributed by atoms with Gasteiger partial charge in [-0.15, -0.1) is 0 Å². The molecule has 0 radical (unpaired) electrons. The summed E-state index contributed by atoms with van der Waals surface area (Å²) in [5.41, 5.74) is -0.405. The van der Waals surface area contributed by atoms with Gasteiger partial charge < -0.3 is 9.47 Å². The average Bonchev–Trinajstić information content (AvgIpc) is 2.56. The Morgan fingerprint density at radius 1 is 1.13 bits per heavy atom. The number of ether oxygens (including phenoxy) is 2. The molecule has 2 fully saturated rings. The van der Waals surface area contributed by atoms with E-state index < -0.39 is 26.4 Å². The summed E-state index contributed by atoms with van der Waals surface area (Å²) in [6, 6.07) is 5.40. The Morgan fingerprint density at radius 3 is 2.35 bits per heavy atom. The van der Waals surface area contributed by atoms with E-state index in [1.165, 1.54) is 28.6 Å². The zero-order chi connectivity index (χ0) is 16.5. The molecule has 2 saturated heterocycles. The van der Waals surface area contributed by atoms with E-state index in [-0.39, 0.29) is 18.0 Å². The van der Waals surface area contributed by atoms with Crippen molar-refractivity contribution in [1.82, 2.24) is 4.31 Å². The fourth-order valence-electron chi connectivity index (χ4n) is 2.94. The number of sulfonamides is 1. The largest absolute Gasteiger partial charge is 0.350 e. The van der Waals surface area contributed by atoms with Crippen LogP contribution in [0.3, 0.4) is 0 Å². The first kappa shape index (κ1) is 16.3. The molecule has 2 aliphatic heterocycles. The molecule has 0 aliphatic carbocycles. The quantitative estimate of drug-likeness (QED) is 0.610. The standard InChI is InChI=1S/C14H18N2O6S/c17-16(18)12-4-1-2-5-13(12)23(19,20)15-8-6-14(7-9-15)21-10-3-11-22-14/h1-2,4-5H,3,6-11H2. The van der Waals surface area contributed by atoms with Gasteiger partial charge in [-0.2, -0.15) is 4.31 Å². The van der Waals surface area contributed by atoms with Gasteiger partial charge in [-0.25, -0.2) is 8.42 Å². The van der Waals surface area contributed by atoms with Crippen molar-refractivity contribution in [2.75, 3.05) is 26.3 Å². The SMILES string of the molecule is O=[N+]([O-])c1ccccc1S(=O)(=O)N1CCC2(CC1)OCCCO2. The lowest BCUT2D eigenvalue weighted by Gasteiger charge is -2.42. The van der Waals surface area contributed by atoms with Crippen molar-refractivity contribution in [3.05, 3.63) is 34.4 Å². The highest BCUT2D eigenvalue weighted by Gasteiger charge is 2.42. The Morgan fingerprint density at radius 2 is 1.74 bits per heavy atom. The molecule has 0 amide bonds. The third kappa shape index (κ3) is 3.09. The molecule has 0 saturated carbocycles. The van der Waals surface area contributed by atoms with Crippen LogP contribution in [0.2, 0.25) is 0 Å². The minimum absolute atomic E-state index is 0.217. The lowest BCUT2D eigenvalue weighted by atomic mass is 10.0. The lowest BCUT2D eigenvalue weighted by Crippen LogP contribution is -2.51. The second kappa shape index (κ2) is 6.16. The number of benzene rings is 1. The highest BCUT2D eigenvalue weighted by molar-refractivity contribution is 7.89. The Balaban J connectivity index is 1.81. The summed E-state index contributed by atoms with van der Waals surface area (Å²) in [6.45, 7) is 1.65. The maximum Gasteiger partial charge on any atom is 0.289 e. The number of para-hydroxylation sites is 1. The second-order valence-corrected chi connectivity index (χ2v) is 7.50. The van der Waals surface area contributed by atoms with Crippen LogP contribution in [0.1, 0.15) is 19.3 Å². The molecule has 0 N–H and O–H groups in total. The van der Waals surface area contributed by atoms with Gasteiger partial charge in [0.2, 0.25) is 10.0 Å². The van der Waals surface area contributed by atoms with E-state index in [1.807, 2.05) is 0 Å². The van der Waals surface area contributed by atoms with E-state index in [1.54, 1.807) is 0 Å². The Kier molecular flexibility index (Phi) is 4.37. The van der Waals surface area contributed by atoms with Gasteiger partial charge >= 0.3 is 0 Å². The van der Waals surface area contributed by atoms with Crippen LogP contribution in [0.4, 0.5) is 5.69 Å². The first-order valence-electron chi connectivity index (χ1n) is 7.46. The molecule has 0 atom stereocenters. The Labute approximate surface area is 134 Å². The van der Waals surface area contributed by atoms with E-state index in [9.17, 15) is 18.5 Å². The van der Waals surface area contributed by atoms with Crippen LogP contribution >= 0.6 is 0 Å². The van der Waals surface area contributed by atoms with Gasteiger partial charge in [0.1, 0.15) is 0 Å². The molecule has 2 aliphatic rings. The van der Waals surface area contributed by atoms with Gasteiger partial charge in [-0.1, -0.05) is 12.1 Å². The summed E-state index contributed by atoms with van der Waals surface area (Å²) < 4.78 is 38.1. The summed E-state index contributed by atoms with van der Waals surface area (Å²) in [7, 11) is -3.91. The molecule has 1 spiro atoms. The highest BCUT2D eigenvalue weighted by Crippen LogP contribution is 2.34. The summed E-state index contributed by atoms with van der Waals surface area (Å²) in [6.07, 6.45) is 1.68. The van der Waals surface area contributed by atoms with Gasteiger partial charge in [-0.05, 0) is 12.5 Å². The Bertz CT molecular complexity index is 689. The van der Waals surface area contributed by atoms with Crippen molar-refractivity contribution >= 4 is 15.7 Å². The van der Waals surface area contributed by atoms with E-state index in [2.05, 4.69) is 0 Å². The molecule has 1 aromatic carbocycles. The fraction of sp³-hybridized carbons (Fsp3) is 0.571. The molecule has 126 valence electrons. The minimum Gasteiger partial charge on any atom is -0.350 e. The van der Waals surface area contributed by atoms with E-state index in [4.69, 9.17) is 9.47 Å². The predicted molar refractivity (Wildman–Crippen MR) is 80.3 cm³/mol. The molecule has 3 rings (SSSR count). The Hall–Kier alpha value is -1.55. The molecular formula is C14H18N2O6S. The third-order valence-corrected chi connectivity index (χ3v) is 6.13. The van der Waals surface area contributed by atoms with Gasteiger partial charge in [0, 0.05) is 32.0 Å². The van der Waals surface area contributed by atoms with Gasteiger partial charge in [0.15, 0.2) is 10.7 Å². The number of rotatable bonds is 3. The topological polar surface area (TPSA) is 99.0 Å². The van der Waals surface area contributed by atoms with Crippen LogP contribution in [0.25, 0.3) is 0 Å². The third-order valence-electron chi connectivity index (χ3n) is 4.18. The van der Waals surface area contributed by atoms with E-state index in [0.29, 0.717) is 26.1 Å². The summed E-state index contributed by atoms with van der Waals surface area (Å²) in [5, 5.41) is 11.1. The van der Waals surface area contributed by atoms with Crippen molar-refractivity contribution in [3.8, 4) is 0 Å². The van der Waals surface area contributed by atoms with Crippen LogP contribution in [-0.4, -0.2) is 49.7 Å². The minimum atomic E-state index is -3.91. The number of hydrogen-bond acceptors (Lipinski definition) is 6. The molecule has 9 heteroatoms. The first-order chi connectivity index (χ1) is 10.9. The van der Waals surface area contributed by atoms with E-state index >= 15 is 0 Å². The second-order valence-electron chi connectivity index (χ2n) is 5.59. The lowest BCUT2D eigenvalue weighted by molar-refractivity contribution is -0.387. The number of nitrogens with zero attached hydrogens (tertiary/aromatic N) is 2. The van der Waals surface area contributed by atoms with Gasteiger partial charge in [0.05, 0.1) is 18.1 Å². The summed E-state index contributed by atoms with van der Waals surface area (Å²) in [5.74, 6) is -0.701. The van der Waals surface area contributed by atoms with Gasteiger partial charge in [0.25, 0.3) is 5.69 Å². The maximum atomic E-state index is 12.7. The zero-order valence-electron chi connectivity index (χ0n) is 12.5. The smallest absolute Gasteiger partial charge is 0.289 e. The first-order valence-corrected chi connectivity index (χ1v) is 8.90. The molecule has 0 aromatic heterocycles. The molecule has 0 unspecified atom stereocenters. The summed E-state index contributed by atoms with van der Waals surface area (Å²) in [4.78, 5) is 10.1. The zero-order valence-corrected chi connectivity index (χ0v) is 13.3. The fourth-order valence-corrected chi connectivity index (χ4v) is 4.54. The average molecular weight is 342 g/mol. The van der Waals surface area contributed by atoms with E-state index in [0.717, 1.165) is 6.42 Å². The summed E-state index contributed by atoms with van der Waals surface area (Å²) >= 11 is 0. The van der Waals surface area contributed by atoms with Crippen LogP contribution in [0, 0.1) is 10.1 Å². The molecule has 23 heavy (non-hydrogen) atoms. The number of nitro benzene ring substituents is 1. The monoisotopic (exact) mass is 342 g/mol. The van der Waals surface area contributed by atoms with Crippen LogP contribution < -0.4 is 0 Å². The normalized spacial score (nSPS) is 22.1. The van der Waals surface area contributed by atoms with Crippen molar-refractivity contribution in [3.63, 3.8) is 0 Å². The molecule has 0 bridgehead atoms. The van der Waals surface area contributed by atoms with Crippen LogP contribution in [0.5, 0.6) is 0 Å². The predicted octanol–water partition coefficient (Wildman–Crippen LogP) is 1.51. The van der Waals surface area contributed by atoms with Crippen molar-refractivity contribution < 1.29 is 22.8 Å². The highest BCUT2D eigenvalue weighted by atomic mass is 32.2. The van der Waals surface area contributed by atoms with Crippen LogP contribution in [-0.2, 0) is 19.5 Å². The van der Waals surface area contributed by atoms with Crippen molar-refractivity contribution in [2.45, 2.75) is 29.9 Å². The molecule has 2 heterocycles. The number of piperidine rings is 1. The number of nitro groups is 1. The van der Waals surface area contributed by atoms with Crippen molar-refractivity contribution in [1.29, 1.82) is 0 Å². The molecule has 1 aromatic rings. The molecule has 8 nitrogen and oxygen atoms in total.